The van der Waals surface area contributed by atoms with Gasteiger partial charge in [-0.2, -0.15) is 5.10 Å². The number of nitrogens with zero attached hydrogens (tertiary/aromatic N) is 5. The van der Waals surface area contributed by atoms with Gasteiger partial charge in [-0.25, -0.2) is 4.98 Å². The van der Waals surface area contributed by atoms with Crippen molar-refractivity contribution in [3.05, 3.63) is 29.0 Å². The van der Waals surface area contributed by atoms with Gasteiger partial charge in [0.25, 0.3) is 0 Å². The number of carbonyl (C=O) groups excluding carboxylic acids is 2. The Hall–Kier alpha value is -2.30. The van der Waals surface area contributed by atoms with Crippen molar-refractivity contribution in [3.8, 4) is 0 Å². The van der Waals surface area contributed by atoms with Crippen molar-refractivity contribution >= 4 is 28.8 Å². The van der Waals surface area contributed by atoms with E-state index < -0.39 is 0 Å². The van der Waals surface area contributed by atoms with E-state index in [1.54, 1.807) is 31.6 Å². The number of rotatable bonds is 8. The zero-order valence-corrected chi connectivity index (χ0v) is 17.2. The first-order chi connectivity index (χ1) is 13.4. The van der Waals surface area contributed by atoms with Crippen LogP contribution in [-0.2, 0) is 20.9 Å². The molecule has 0 aromatic carbocycles. The van der Waals surface area contributed by atoms with Crippen LogP contribution >= 0.6 is 11.3 Å². The number of likely N-dealkylation sites (tertiary alicyclic amines) is 1. The Balaban J connectivity index is 1.64. The Kier molecular flexibility index (Phi) is 6.76. The monoisotopic (exact) mass is 406 g/mol. The number of hydrogen-bond donors (Lipinski definition) is 1. The summed E-state index contributed by atoms with van der Waals surface area (Å²) in [5.74, 6) is -0.166. The van der Waals surface area contributed by atoms with Gasteiger partial charge in [-0.15, -0.1) is 11.3 Å². The molecule has 2 atom stereocenters. The molecule has 2 aromatic heterocycles. The summed E-state index contributed by atoms with van der Waals surface area (Å²) in [4.78, 5) is 31.2. The number of hydrogen-bond acceptors (Lipinski definition) is 7. The van der Waals surface area contributed by atoms with Crippen LogP contribution in [0.15, 0.2) is 24.0 Å². The predicted octanol–water partition coefficient (Wildman–Crippen LogP) is 1.22. The third-order valence-electron chi connectivity index (χ3n) is 4.66. The van der Waals surface area contributed by atoms with Gasteiger partial charge in [0, 0.05) is 51.4 Å². The number of nitrogens with one attached hydrogen (secondary N) is 1. The molecule has 2 aromatic rings. The minimum atomic E-state index is -0.117. The predicted molar refractivity (Wildman–Crippen MR) is 106 cm³/mol. The smallest absolute Gasteiger partial charge is 0.248 e. The summed E-state index contributed by atoms with van der Waals surface area (Å²) < 4.78 is 7.59. The normalized spacial score (nSPS) is 19.7. The Labute approximate surface area is 168 Å². The number of anilines is 1. The van der Waals surface area contributed by atoms with Crippen LogP contribution in [0, 0.1) is 0 Å². The van der Waals surface area contributed by atoms with Crippen LogP contribution in [0.2, 0.25) is 0 Å². The molecule has 0 saturated carbocycles. The van der Waals surface area contributed by atoms with E-state index in [4.69, 9.17) is 4.74 Å². The number of amides is 2. The molecule has 3 rings (SSSR count). The highest BCUT2D eigenvalue weighted by Gasteiger charge is 2.34. The molecule has 3 heterocycles. The molecule has 0 unspecified atom stereocenters. The highest BCUT2D eigenvalue weighted by molar-refractivity contribution is 7.09. The van der Waals surface area contributed by atoms with Gasteiger partial charge < -0.3 is 15.0 Å². The molecule has 1 N–H and O–H groups in total. The van der Waals surface area contributed by atoms with E-state index in [0.29, 0.717) is 12.3 Å². The van der Waals surface area contributed by atoms with E-state index in [9.17, 15) is 9.59 Å². The maximum atomic E-state index is 11.8. The van der Waals surface area contributed by atoms with Gasteiger partial charge >= 0.3 is 0 Å². The van der Waals surface area contributed by atoms with Crippen LogP contribution in [0.3, 0.4) is 0 Å². The molecule has 0 bridgehead atoms. The number of aromatic nitrogens is 3. The second-order valence-electron chi connectivity index (χ2n) is 7.09. The van der Waals surface area contributed by atoms with Crippen molar-refractivity contribution < 1.29 is 14.3 Å². The van der Waals surface area contributed by atoms with Gasteiger partial charge in [0.05, 0.1) is 31.1 Å². The van der Waals surface area contributed by atoms with E-state index in [2.05, 4.69) is 20.3 Å². The average molecular weight is 407 g/mol. The Morgan fingerprint density at radius 1 is 1.43 bits per heavy atom. The summed E-state index contributed by atoms with van der Waals surface area (Å²) in [6.07, 6.45) is 6.17. The molecule has 9 nitrogen and oxygen atoms in total. The van der Waals surface area contributed by atoms with Crippen molar-refractivity contribution in [2.75, 3.05) is 39.2 Å². The minimum Gasteiger partial charge on any atom is -0.370 e. The highest BCUT2D eigenvalue weighted by atomic mass is 32.1. The molecule has 0 spiro atoms. The van der Waals surface area contributed by atoms with E-state index in [1.807, 2.05) is 22.5 Å². The fourth-order valence-electron chi connectivity index (χ4n) is 3.24. The summed E-state index contributed by atoms with van der Waals surface area (Å²) in [6.45, 7) is 3.57. The highest BCUT2D eigenvalue weighted by Crippen LogP contribution is 2.29. The Bertz CT molecular complexity index is 791. The average Bonchev–Trinajstić information content (AvgIpc) is 3.36. The van der Waals surface area contributed by atoms with Crippen molar-refractivity contribution in [2.45, 2.75) is 32.0 Å². The molecule has 1 aliphatic rings. The fourth-order valence-corrected chi connectivity index (χ4v) is 3.88. The van der Waals surface area contributed by atoms with Crippen LogP contribution < -0.4 is 5.32 Å². The SMILES string of the molecule is CC(=O)Nc1cnn([C@H]2C[C@@H](COCC(=O)N(C)C)N(Cc3nccs3)C2)c1. The molecule has 1 aliphatic heterocycles. The second kappa shape index (κ2) is 9.26. The van der Waals surface area contributed by atoms with E-state index in [0.717, 1.165) is 24.5 Å². The fraction of sp³-hybridized carbons (Fsp3) is 0.556. The van der Waals surface area contributed by atoms with Crippen molar-refractivity contribution in [1.29, 1.82) is 0 Å². The molecule has 2 amide bonds. The van der Waals surface area contributed by atoms with Crippen LogP contribution in [0.25, 0.3) is 0 Å². The molecule has 0 aliphatic carbocycles. The van der Waals surface area contributed by atoms with Gasteiger partial charge in [-0.1, -0.05) is 0 Å². The summed E-state index contributed by atoms with van der Waals surface area (Å²) in [7, 11) is 3.44. The maximum Gasteiger partial charge on any atom is 0.248 e. The van der Waals surface area contributed by atoms with Gasteiger partial charge in [-0.3, -0.25) is 19.2 Å². The van der Waals surface area contributed by atoms with Gasteiger partial charge in [-0.05, 0) is 6.42 Å². The van der Waals surface area contributed by atoms with Crippen LogP contribution in [0.5, 0.6) is 0 Å². The first-order valence-electron chi connectivity index (χ1n) is 9.14. The van der Waals surface area contributed by atoms with Crippen molar-refractivity contribution in [2.24, 2.45) is 0 Å². The largest absolute Gasteiger partial charge is 0.370 e. The molecule has 28 heavy (non-hydrogen) atoms. The number of carbonyl (C=O) groups is 2. The summed E-state index contributed by atoms with van der Waals surface area (Å²) in [5, 5.41) is 10.2. The number of ether oxygens (including phenoxy) is 1. The molecular formula is C18H26N6O3S. The third-order valence-corrected chi connectivity index (χ3v) is 5.42. The lowest BCUT2D eigenvalue weighted by atomic mass is 10.2. The topological polar surface area (TPSA) is 92.6 Å². The lowest BCUT2D eigenvalue weighted by Gasteiger charge is -2.23. The Morgan fingerprint density at radius 3 is 2.93 bits per heavy atom. The molecule has 1 fully saturated rings. The third kappa shape index (κ3) is 5.37. The lowest BCUT2D eigenvalue weighted by Crippen LogP contribution is -2.34. The zero-order valence-electron chi connectivity index (χ0n) is 16.4. The van der Waals surface area contributed by atoms with Gasteiger partial charge in [0.15, 0.2) is 0 Å². The maximum absolute atomic E-state index is 11.8. The van der Waals surface area contributed by atoms with Crippen molar-refractivity contribution in [3.63, 3.8) is 0 Å². The van der Waals surface area contributed by atoms with Crippen molar-refractivity contribution in [1.82, 2.24) is 24.6 Å². The molecule has 0 radical (unpaired) electrons. The summed E-state index contributed by atoms with van der Waals surface area (Å²) in [5.41, 5.74) is 0.690. The molecule has 10 heteroatoms. The summed E-state index contributed by atoms with van der Waals surface area (Å²) >= 11 is 1.63. The van der Waals surface area contributed by atoms with E-state index >= 15 is 0 Å². The quantitative estimate of drug-likeness (QED) is 0.709. The van der Waals surface area contributed by atoms with E-state index in [-0.39, 0.29) is 30.5 Å². The number of thiazole rings is 1. The van der Waals surface area contributed by atoms with Gasteiger partial charge in [0.1, 0.15) is 11.6 Å². The second-order valence-corrected chi connectivity index (χ2v) is 8.07. The molecule has 152 valence electrons. The standard InChI is InChI=1S/C18H26N6O3S/c1-13(25)21-14-7-20-24(8-14)15-6-16(11-27-12-18(26)22(2)3)23(9-15)10-17-19-4-5-28-17/h4-5,7-8,15-16H,6,9-12H2,1-3H3,(H,21,25)/t15-,16-/m0/s1. The number of likely N-dealkylation sites (N-methyl/N-ethyl adjacent to an activating group) is 1. The minimum absolute atomic E-state index is 0.0481. The van der Waals surface area contributed by atoms with Gasteiger partial charge in [0.2, 0.25) is 11.8 Å². The molecular weight excluding hydrogens is 380 g/mol. The van der Waals surface area contributed by atoms with E-state index in [1.165, 1.54) is 11.8 Å². The summed E-state index contributed by atoms with van der Waals surface area (Å²) in [6, 6.07) is 0.331. The van der Waals surface area contributed by atoms with Crippen LogP contribution in [-0.4, -0.2) is 76.3 Å². The first-order valence-corrected chi connectivity index (χ1v) is 10.0. The first kappa shape index (κ1) is 20.4. The van der Waals surface area contributed by atoms with Crippen LogP contribution in [0.1, 0.15) is 24.4 Å². The zero-order chi connectivity index (χ0) is 20.1. The van der Waals surface area contributed by atoms with Crippen LogP contribution in [0.4, 0.5) is 5.69 Å². The Morgan fingerprint density at radius 2 is 2.25 bits per heavy atom. The molecule has 1 saturated heterocycles. The lowest BCUT2D eigenvalue weighted by molar-refractivity contribution is -0.134.